The fourth-order valence-electron chi connectivity index (χ4n) is 0.712. The number of ether oxygens (including phenoxy) is 1. The molecule has 72 valence electrons. The van der Waals surface area contributed by atoms with Crippen LogP contribution in [0.5, 0.6) is 5.75 Å². The van der Waals surface area contributed by atoms with Crippen LogP contribution in [0.4, 0.5) is 4.79 Å². The molecule has 0 aliphatic carbocycles. The van der Waals surface area contributed by atoms with Gasteiger partial charge < -0.3 is 4.74 Å². The fraction of sp³-hybridized carbons (Fsp3) is 0. The molecule has 1 amide bonds. The number of amides is 1. The molecule has 0 unspecified atom stereocenters. The molecular weight excluding hydrogens is 273 g/mol. The summed E-state index contributed by atoms with van der Waals surface area (Å²) in [7, 11) is 0. The van der Waals surface area contributed by atoms with Crippen LogP contribution in [0.1, 0.15) is 0 Å². The second-order valence-corrected chi connectivity index (χ2v) is 3.44. The second kappa shape index (κ2) is 4.91. The standard InChI is InChI=1S/C8H3BrClNO3/c9-6-3-5(10)1-2-7(6)14-8(13)11-4-12/h1-3H. The molecule has 14 heavy (non-hydrogen) atoms. The fourth-order valence-corrected chi connectivity index (χ4v) is 1.48. The Kier molecular flexibility index (Phi) is 3.83. The summed E-state index contributed by atoms with van der Waals surface area (Å²) in [6.45, 7) is 0. The maximum Gasteiger partial charge on any atom is 0.450 e. The van der Waals surface area contributed by atoms with Gasteiger partial charge in [-0.3, -0.25) is 0 Å². The summed E-state index contributed by atoms with van der Waals surface area (Å²) in [6.07, 6.45) is 0.0527. The molecule has 0 saturated heterocycles. The largest absolute Gasteiger partial charge is 0.450 e. The molecule has 1 aromatic rings. The van der Waals surface area contributed by atoms with Crippen LogP contribution in [0, 0.1) is 0 Å². The van der Waals surface area contributed by atoms with Gasteiger partial charge in [-0.2, -0.15) is 0 Å². The van der Waals surface area contributed by atoms with Crippen LogP contribution in [-0.4, -0.2) is 12.2 Å². The molecule has 4 nitrogen and oxygen atoms in total. The first kappa shape index (κ1) is 10.9. The van der Waals surface area contributed by atoms with Crippen molar-refractivity contribution in [3.05, 3.63) is 27.7 Å². The average molecular weight is 276 g/mol. The maximum atomic E-state index is 10.7. The van der Waals surface area contributed by atoms with Gasteiger partial charge in [0.15, 0.2) is 0 Å². The van der Waals surface area contributed by atoms with Crippen molar-refractivity contribution in [2.75, 3.05) is 0 Å². The number of carbonyl (C=O) groups is 1. The normalized spacial score (nSPS) is 9.00. The lowest BCUT2D eigenvalue weighted by atomic mass is 10.3. The molecule has 1 rings (SSSR count). The summed E-state index contributed by atoms with van der Waals surface area (Å²) >= 11 is 8.78. The third-order valence-corrected chi connectivity index (χ3v) is 2.08. The lowest BCUT2D eigenvalue weighted by molar-refractivity contribution is 0.211. The van der Waals surface area contributed by atoms with E-state index in [0.29, 0.717) is 9.50 Å². The van der Waals surface area contributed by atoms with Crippen molar-refractivity contribution in [2.45, 2.75) is 0 Å². The molecule has 6 heteroatoms. The van der Waals surface area contributed by atoms with E-state index in [1.807, 2.05) is 0 Å². The summed E-state index contributed by atoms with van der Waals surface area (Å²) in [5, 5.41) is 0.496. The maximum absolute atomic E-state index is 10.7. The SMILES string of the molecule is O=C=NC(=O)Oc1ccc(Cl)cc1Br. The topological polar surface area (TPSA) is 55.7 Å². The van der Waals surface area contributed by atoms with E-state index in [-0.39, 0.29) is 5.75 Å². The van der Waals surface area contributed by atoms with Crippen molar-refractivity contribution in [3.63, 3.8) is 0 Å². The molecule has 0 saturated carbocycles. The number of benzene rings is 1. The van der Waals surface area contributed by atoms with Crippen LogP contribution in [-0.2, 0) is 4.79 Å². The number of carbonyl (C=O) groups excluding carboxylic acids is 2. The van der Waals surface area contributed by atoms with Crippen molar-refractivity contribution >= 4 is 39.7 Å². The average Bonchev–Trinajstić information content (AvgIpc) is 2.10. The lowest BCUT2D eigenvalue weighted by Crippen LogP contribution is -2.01. The quantitative estimate of drug-likeness (QED) is 0.585. The highest BCUT2D eigenvalue weighted by Gasteiger charge is 2.06. The Morgan fingerprint density at radius 3 is 2.86 bits per heavy atom. The first-order valence-electron chi connectivity index (χ1n) is 3.38. The number of halogens is 2. The van der Waals surface area contributed by atoms with Crippen molar-refractivity contribution in [1.82, 2.24) is 0 Å². The van der Waals surface area contributed by atoms with Crippen LogP contribution < -0.4 is 4.74 Å². The Balaban J connectivity index is 2.87. The van der Waals surface area contributed by atoms with Gasteiger partial charge in [0.2, 0.25) is 6.08 Å². The van der Waals surface area contributed by atoms with E-state index in [0.717, 1.165) is 6.08 Å². The molecule has 0 spiro atoms. The van der Waals surface area contributed by atoms with Gasteiger partial charge in [-0.15, -0.1) is 0 Å². The summed E-state index contributed by atoms with van der Waals surface area (Å²) in [5.74, 6) is 0.235. The van der Waals surface area contributed by atoms with E-state index in [9.17, 15) is 9.59 Å². The van der Waals surface area contributed by atoms with Gasteiger partial charge in [-0.25, -0.2) is 9.59 Å². The van der Waals surface area contributed by atoms with Gasteiger partial charge in [-0.05, 0) is 34.1 Å². The number of rotatable bonds is 1. The van der Waals surface area contributed by atoms with Gasteiger partial charge in [0.05, 0.1) is 4.47 Å². The zero-order valence-corrected chi connectivity index (χ0v) is 9.00. The van der Waals surface area contributed by atoms with E-state index >= 15 is 0 Å². The van der Waals surface area contributed by atoms with Crippen LogP contribution >= 0.6 is 27.5 Å². The first-order chi connectivity index (χ1) is 6.63. The Morgan fingerprint density at radius 1 is 1.57 bits per heavy atom. The Bertz CT molecular complexity index is 415. The van der Waals surface area contributed by atoms with Gasteiger partial charge in [-0.1, -0.05) is 16.6 Å². The van der Waals surface area contributed by atoms with Gasteiger partial charge in [0, 0.05) is 5.02 Å². The lowest BCUT2D eigenvalue weighted by Gasteiger charge is -2.02. The molecule has 0 atom stereocenters. The molecule has 0 N–H and O–H groups in total. The van der Waals surface area contributed by atoms with E-state index in [1.54, 1.807) is 12.1 Å². The van der Waals surface area contributed by atoms with Crippen molar-refractivity contribution < 1.29 is 14.3 Å². The highest BCUT2D eigenvalue weighted by molar-refractivity contribution is 9.10. The molecule has 0 bridgehead atoms. The first-order valence-corrected chi connectivity index (χ1v) is 4.55. The molecule has 0 radical (unpaired) electrons. The van der Waals surface area contributed by atoms with Crippen LogP contribution in [0.3, 0.4) is 0 Å². The Labute approximate surface area is 92.7 Å². The minimum atomic E-state index is -1.02. The minimum absolute atomic E-state index is 0.235. The molecule has 1 aromatic carbocycles. The summed E-state index contributed by atoms with van der Waals surface area (Å²) < 4.78 is 5.17. The monoisotopic (exact) mass is 275 g/mol. The van der Waals surface area contributed by atoms with Crippen LogP contribution in [0.15, 0.2) is 27.7 Å². The molecule has 0 heterocycles. The van der Waals surface area contributed by atoms with E-state index < -0.39 is 6.09 Å². The van der Waals surface area contributed by atoms with Crippen molar-refractivity contribution in [3.8, 4) is 5.75 Å². The molecule has 0 aromatic heterocycles. The Morgan fingerprint density at radius 2 is 2.29 bits per heavy atom. The van der Waals surface area contributed by atoms with Crippen molar-refractivity contribution in [2.24, 2.45) is 4.99 Å². The van der Waals surface area contributed by atoms with Gasteiger partial charge in [0.25, 0.3) is 0 Å². The zero-order chi connectivity index (χ0) is 10.6. The van der Waals surface area contributed by atoms with E-state index in [2.05, 4.69) is 25.7 Å². The molecular formula is C8H3BrClNO3. The van der Waals surface area contributed by atoms with E-state index in [1.165, 1.54) is 6.07 Å². The second-order valence-electron chi connectivity index (χ2n) is 2.15. The van der Waals surface area contributed by atoms with Crippen LogP contribution in [0.25, 0.3) is 0 Å². The smallest absolute Gasteiger partial charge is 0.407 e. The Hall–Kier alpha value is -1.16. The van der Waals surface area contributed by atoms with Crippen molar-refractivity contribution in [1.29, 1.82) is 0 Å². The molecule has 0 fully saturated rings. The number of hydrogen-bond acceptors (Lipinski definition) is 3. The number of hydrogen-bond donors (Lipinski definition) is 0. The predicted octanol–water partition coefficient (Wildman–Crippen LogP) is 2.94. The highest BCUT2D eigenvalue weighted by Crippen LogP contribution is 2.28. The number of isocyanates is 1. The third kappa shape index (κ3) is 2.96. The third-order valence-electron chi connectivity index (χ3n) is 1.23. The van der Waals surface area contributed by atoms with Gasteiger partial charge in [0.1, 0.15) is 5.75 Å². The molecule has 0 aliphatic heterocycles. The molecule has 0 aliphatic rings. The van der Waals surface area contributed by atoms with Gasteiger partial charge >= 0.3 is 6.09 Å². The summed E-state index contributed by atoms with van der Waals surface area (Å²) in [4.78, 5) is 23.2. The van der Waals surface area contributed by atoms with Crippen LogP contribution in [0.2, 0.25) is 5.02 Å². The minimum Gasteiger partial charge on any atom is -0.407 e. The summed E-state index contributed by atoms with van der Waals surface area (Å²) in [6, 6.07) is 4.57. The number of nitrogens with zero attached hydrogens (tertiary/aromatic N) is 1. The number of aliphatic imine (C=N–C) groups is 1. The zero-order valence-electron chi connectivity index (χ0n) is 6.66. The van der Waals surface area contributed by atoms with E-state index in [4.69, 9.17) is 11.6 Å². The predicted molar refractivity (Wildman–Crippen MR) is 53.3 cm³/mol. The highest BCUT2D eigenvalue weighted by atomic mass is 79.9. The summed E-state index contributed by atoms with van der Waals surface area (Å²) in [5.41, 5.74) is 0.